The first-order chi connectivity index (χ1) is 7.99. The number of carbonyl (C=O) groups excluding carboxylic acids is 1. The highest BCUT2D eigenvalue weighted by Crippen LogP contribution is 2.20. The first-order valence-electron chi connectivity index (χ1n) is 6.37. The summed E-state index contributed by atoms with van der Waals surface area (Å²) in [6.07, 6.45) is 0.908. The standard InChI is InChI=1S/C11H22N2OS.C2H6/c1-5-10(9(4)15)8(3)13(6-2)11(14)7-12;1-2/h9,15H,5-7,12H2,1-4H3;1-2H3/b10-8-;/t9-;/m0./s1. The topological polar surface area (TPSA) is 46.3 Å². The SMILES string of the molecule is CC.CC/C(=C(\C)N(CC)C(=O)CN)[C@H](C)S. The Morgan fingerprint density at radius 1 is 1.35 bits per heavy atom. The zero-order chi connectivity index (χ0) is 14.0. The fraction of sp³-hybridized carbons (Fsp3) is 0.769. The largest absolute Gasteiger partial charge is 0.322 e. The van der Waals surface area contributed by atoms with Gasteiger partial charge in [0.25, 0.3) is 0 Å². The van der Waals surface area contributed by atoms with Crippen molar-refractivity contribution in [1.29, 1.82) is 0 Å². The molecule has 0 aliphatic rings. The zero-order valence-corrected chi connectivity index (χ0v) is 13.0. The van der Waals surface area contributed by atoms with Crippen molar-refractivity contribution in [2.24, 2.45) is 5.73 Å². The van der Waals surface area contributed by atoms with Gasteiger partial charge in [-0.2, -0.15) is 12.6 Å². The zero-order valence-electron chi connectivity index (χ0n) is 12.1. The van der Waals surface area contributed by atoms with E-state index in [9.17, 15) is 4.79 Å². The Kier molecular flexibility index (Phi) is 11.8. The van der Waals surface area contributed by atoms with E-state index in [0.717, 1.165) is 12.1 Å². The minimum atomic E-state index is -0.0325. The molecule has 0 aromatic carbocycles. The molecule has 3 nitrogen and oxygen atoms in total. The van der Waals surface area contributed by atoms with Gasteiger partial charge in [0.2, 0.25) is 5.91 Å². The normalized spacial score (nSPS) is 13.2. The highest BCUT2D eigenvalue weighted by atomic mass is 32.1. The average Bonchev–Trinajstić information content (AvgIpc) is 2.32. The number of thiol groups is 1. The predicted molar refractivity (Wildman–Crippen MR) is 79.2 cm³/mol. The summed E-state index contributed by atoms with van der Waals surface area (Å²) in [5.41, 5.74) is 7.57. The van der Waals surface area contributed by atoms with Gasteiger partial charge in [-0.05, 0) is 32.8 Å². The molecule has 4 heteroatoms. The summed E-state index contributed by atoms with van der Waals surface area (Å²) >= 11 is 4.42. The van der Waals surface area contributed by atoms with E-state index in [4.69, 9.17) is 5.73 Å². The van der Waals surface area contributed by atoms with E-state index in [0.29, 0.717) is 6.54 Å². The lowest BCUT2D eigenvalue weighted by Crippen LogP contribution is -2.35. The lowest BCUT2D eigenvalue weighted by Gasteiger charge is -2.25. The van der Waals surface area contributed by atoms with Crippen LogP contribution in [0.15, 0.2) is 11.3 Å². The molecule has 0 bridgehead atoms. The summed E-state index contributed by atoms with van der Waals surface area (Å²) < 4.78 is 0. The Morgan fingerprint density at radius 2 is 1.82 bits per heavy atom. The quantitative estimate of drug-likeness (QED) is 0.747. The molecule has 0 rings (SSSR count). The van der Waals surface area contributed by atoms with Crippen LogP contribution in [-0.2, 0) is 4.79 Å². The summed E-state index contributed by atoms with van der Waals surface area (Å²) in [6, 6.07) is 0. The minimum Gasteiger partial charge on any atom is -0.322 e. The lowest BCUT2D eigenvalue weighted by molar-refractivity contribution is -0.127. The van der Waals surface area contributed by atoms with Crippen LogP contribution in [0.1, 0.15) is 48.0 Å². The summed E-state index contributed by atoms with van der Waals surface area (Å²) in [4.78, 5) is 13.3. The number of amides is 1. The number of nitrogens with zero attached hydrogens (tertiary/aromatic N) is 1. The van der Waals surface area contributed by atoms with Crippen molar-refractivity contribution in [1.82, 2.24) is 4.90 Å². The van der Waals surface area contributed by atoms with Gasteiger partial charge in [0.1, 0.15) is 0 Å². The molecule has 0 unspecified atom stereocenters. The van der Waals surface area contributed by atoms with Crippen molar-refractivity contribution < 1.29 is 4.79 Å². The van der Waals surface area contributed by atoms with Gasteiger partial charge in [0, 0.05) is 17.5 Å². The molecular formula is C13H28N2OS. The second kappa shape index (κ2) is 10.7. The molecule has 0 aliphatic carbocycles. The Morgan fingerprint density at radius 3 is 2.06 bits per heavy atom. The second-order valence-electron chi connectivity index (χ2n) is 3.48. The fourth-order valence-electron chi connectivity index (χ4n) is 1.74. The van der Waals surface area contributed by atoms with Crippen molar-refractivity contribution in [2.45, 2.75) is 53.2 Å². The summed E-state index contributed by atoms with van der Waals surface area (Å²) in [5.74, 6) is -0.0325. The van der Waals surface area contributed by atoms with E-state index >= 15 is 0 Å². The fourth-order valence-corrected chi connectivity index (χ4v) is 2.11. The first kappa shape index (κ1) is 18.9. The van der Waals surface area contributed by atoms with Gasteiger partial charge in [-0.15, -0.1) is 0 Å². The third-order valence-electron chi connectivity index (χ3n) is 2.55. The molecule has 17 heavy (non-hydrogen) atoms. The van der Waals surface area contributed by atoms with Gasteiger partial charge < -0.3 is 10.6 Å². The minimum absolute atomic E-state index is 0.0325. The Labute approximate surface area is 112 Å². The van der Waals surface area contributed by atoms with E-state index in [1.165, 1.54) is 5.57 Å². The summed E-state index contributed by atoms with van der Waals surface area (Å²) in [6.45, 7) is 12.7. The third kappa shape index (κ3) is 6.13. The predicted octanol–water partition coefficient (Wildman–Crippen LogP) is 2.82. The summed E-state index contributed by atoms with van der Waals surface area (Å²) in [7, 11) is 0. The van der Waals surface area contributed by atoms with Gasteiger partial charge in [-0.3, -0.25) is 4.79 Å². The molecule has 102 valence electrons. The molecule has 2 N–H and O–H groups in total. The molecule has 0 fully saturated rings. The Balaban J connectivity index is 0. The van der Waals surface area contributed by atoms with Crippen LogP contribution in [0, 0.1) is 0 Å². The maximum Gasteiger partial charge on any atom is 0.240 e. The van der Waals surface area contributed by atoms with E-state index in [1.807, 2.05) is 34.6 Å². The molecule has 0 saturated heterocycles. The van der Waals surface area contributed by atoms with Crippen LogP contribution in [0.5, 0.6) is 0 Å². The van der Waals surface area contributed by atoms with Gasteiger partial charge >= 0.3 is 0 Å². The smallest absolute Gasteiger partial charge is 0.240 e. The van der Waals surface area contributed by atoms with Crippen LogP contribution in [0.4, 0.5) is 0 Å². The van der Waals surface area contributed by atoms with Gasteiger partial charge in [0.15, 0.2) is 0 Å². The van der Waals surface area contributed by atoms with Gasteiger partial charge in [-0.25, -0.2) is 0 Å². The van der Waals surface area contributed by atoms with Crippen molar-refractivity contribution >= 4 is 18.5 Å². The number of likely N-dealkylation sites (N-methyl/N-ethyl adjacent to an activating group) is 1. The van der Waals surface area contributed by atoms with Crippen molar-refractivity contribution in [3.63, 3.8) is 0 Å². The molecule has 1 atom stereocenters. The van der Waals surface area contributed by atoms with Crippen molar-refractivity contribution in [3.05, 3.63) is 11.3 Å². The van der Waals surface area contributed by atoms with Crippen LogP contribution >= 0.6 is 12.6 Å². The molecule has 1 amide bonds. The Hall–Kier alpha value is -0.480. The molecule has 0 aliphatic heterocycles. The maximum absolute atomic E-state index is 11.6. The maximum atomic E-state index is 11.6. The van der Waals surface area contributed by atoms with Crippen LogP contribution in [-0.4, -0.2) is 29.1 Å². The van der Waals surface area contributed by atoms with Crippen LogP contribution in [0.25, 0.3) is 0 Å². The highest BCUT2D eigenvalue weighted by Gasteiger charge is 2.16. The number of allylic oxidation sites excluding steroid dienone is 1. The van der Waals surface area contributed by atoms with E-state index in [2.05, 4.69) is 19.6 Å². The average molecular weight is 260 g/mol. The molecular weight excluding hydrogens is 232 g/mol. The van der Waals surface area contributed by atoms with E-state index in [1.54, 1.807) is 4.90 Å². The number of carbonyl (C=O) groups is 1. The van der Waals surface area contributed by atoms with E-state index in [-0.39, 0.29) is 17.7 Å². The molecule has 0 heterocycles. The second-order valence-corrected chi connectivity index (χ2v) is 4.26. The molecule has 0 saturated carbocycles. The molecule has 0 spiro atoms. The van der Waals surface area contributed by atoms with Crippen LogP contribution in [0.3, 0.4) is 0 Å². The first-order valence-corrected chi connectivity index (χ1v) is 6.89. The van der Waals surface area contributed by atoms with Crippen molar-refractivity contribution in [3.8, 4) is 0 Å². The van der Waals surface area contributed by atoms with Crippen LogP contribution < -0.4 is 5.73 Å². The summed E-state index contributed by atoms with van der Waals surface area (Å²) in [5, 5.41) is 0.176. The Bertz CT molecular complexity index is 250. The van der Waals surface area contributed by atoms with Gasteiger partial charge in [-0.1, -0.05) is 20.8 Å². The van der Waals surface area contributed by atoms with E-state index < -0.39 is 0 Å². The molecule has 0 radical (unpaired) electrons. The highest BCUT2D eigenvalue weighted by molar-refractivity contribution is 7.81. The third-order valence-corrected chi connectivity index (χ3v) is 2.86. The molecule has 0 aromatic rings. The number of nitrogens with two attached hydrogens (primary N) is 1. The molecule has 0 aromatic heterocycles. The van der Waals surface area contributed by atoms with Gasteiger partial charge in [0.05, 0.1) is 6.54 Å². The number of hydrogen-bond donors (Lipinski definition) is 2. The number of rotatable bonds is 5. The van der Waals surface area contributed by atoms with Crippen molar-refractivity contribution in [2.75, 3.05) is 13.1 Å². The monoisotopic (exact) mass is 260 g/mol. The van der Waals surface area contributed by atoms with Crippen LogP contribution in [0.2, 0.25) is 0 Å². The lowest BCUT2D eigenvalue weighted by atomic mass is 10.1. The number of hydrogen-bond acceptors (Lipinski definition) is 3.